The van der Waals surface area contributed by atoms with E-state index in [1.54, 1.807) is 21.3 Å². The topological polar surface area (TPSA) is 64.6 Å². The molecule has 0 fully saturated rings. The normalized spacial score (nSPS) is 23.7. The predicted molar refractivity (Wildman–Crippen MR) is 115 cm³/mol. The van der Waals surface area contributed by atoms with Gasteiger partial charge in [0, 0.05) is 30.4 Å². The summed E-state index contributed by atoms with van der Waals surface area (Å²) in [6.45, 7) is 7.01. The highest BCUT2D eigenvalue weighted by Gasteiger charge is 2.47. The first kappa shape index (κ1) is 21.4. The van der Waals surface area contributed by atoms with E-state index in [-0.39, 0.29) is 18.6 Å². The van der Waals surface area contributed by atoms with E-state index in [2.05, 4.69) is 13.8 Å². The summed E-state index contributed by atoms with van der Waals surface area (Å²) >= 11 is 0. The molecule has 0 bridgehead atoms. The molecule has 7 nitrogen and oxygen atoms in total. The van der Waals surface area contributed by atoms with Crippen LogP contribution in [0.4, 0.5) is 0 Å². The minimum atomic E-state index is -0.818. The van der Waals surface area contributed by atoms with Crippen LogP contribution in [0.2, 0.25) is 0 Å². The zero-order valence-electron chi connectivity index (χ0n) is 18.9. The molecule has 0 unspecified atom stereocenters. The van der Waals surface area contributed by atoms with Crippen LogP contribution >= 0.6 is 0 Å². The lowest BCUT2D eigenvalue weighted by molar-refractivity contribution is -0.211. The van der Waals surface area contributed by atoms with Crippen LogP contribution in [0.5, 0.6) is 34.5 Å². The van der Waals surface area contributed by atoms with Gasteiger partial charge >= 0.3 is 0 Å². The van der Waals surface area contributed by atoms with E-state index in [9.17, 15) is 0 Å². The second kappa shape index (κ2) is 8.38. The summed E-state index contributed by atoms with van der Waals surface area (Å²) in [5.74, 6) is 2.98. The SMILES string of the molecule is CCCO[C@@]1(C)Oc2cc3c(cc2[C@@H](c2cc(OC)c(OC)c(OC)c2)[C@H]1C)OCO3. The summed E-state index contributed by atoms with van der Waals surface area (Å²) < 4.78 is 40.6. The van der Waals surface area contributed by atoms with Crippen molar-refractivity contribution in [2.75, 3.05) is 34.7 Å². The van der Waals surface area contributed by atoms with Crippen LogP contribution in [0.15, 0.2) is 24.3 Å². The Hall–Kier alpha value is -2.80. The van der Waals surface area contributed by atoms with Crippen molar-refractivity contribution in [3.63, 3.8) is 0 Å². The third-order valence-corrected chi connectivity index (χ3v) is 6.12. The van der Waals surface area contributed by atoms with Gasteiger partial charge in [0.1, 0.15) is 5.75 Å². The van der Waals surface area contributed by atoms with Crippen LogP contribution in [0.3, 0.4) is 0 Å². The standard InChI is InChI=1S/C24H30O7/c1-7-8-30-24(3)14(2)22(15-9-20(25-4)23(27-6)21(10-15)26-5)16-11-18-19(29-13-28-18)12-17(16)31-24/h9-12,14,22H,7-8,13H2,1-6H3/t14-,22-,24+/m1/s1. The molecule has 2 aliphatic rings. The molecule has 7 heteroatoms. The molecule has 0 spiro atoms. The fourth-order valence-electron chi connectivity index (χ4n) is 4.37. The van der Waals surface area contributed by atoms with Crippen molar-refractivity contribution in [1.82, 2.24) is 0 Å². The van der Waals surface area contributed by atoms with Gasteiger partial charge < -0.3 is 33.2 Å². The van der Waals surface area contributed by atoms with Gasteiger partial charge in [-0.3, -0.25) is 0 Å². The average Bonchev–Trinajstić information content (AvgIpc) is 3.23. The number of ether oxygens (including phenoxy) is 7. The second-order valence-corrected chi connectivity index (χ2v) is 7.93. The smallest absolute Gasteiger partial charge is 0.231 e. The molecule has 0 N–H and O–H groups in total. The number of benzene rings is 2. The largest absolute Gasteiger partial charge is 0.493 e. The molecule has 31 heavy (non-hydrogen) atoms. The summed E-state index contributed by atoms with van der Waals surface area (Å²) in [6, 6.07) is 7.87. The molecular weight excluding hydrogens is 400 g/mol. The minimum Gasteiger partial charge on any atom is -0.493 e. The lowest BCUT2D eigenvalue weighted by Gasteiger charge is -2.45. The molecule has 0 radical (unpaired) electrons. The molecule has 4 rings (SSSR count). The maximum Gasteiger partial charge on any atom is 0.231 e. The van der Waals surface area contributed by atoms with Crippen molar-refractivity contribution in [2.45, 2.75) is 38.9 Å². The van der Waals surface area contributed by atoms with E-state index in [4.69, 9.17) is 33.2 Å². The average molecular weight is 430 g/mol. The number of hydrogen-bond acceptors (Lipinski definition) is 7. The van der Waals surface area contributed by atoms with E-state index < -0.39 is 5.79 Å². The molecule has 2 aromatic carbocycles. The number of rotatable bonds is 7. The van der Waals surface area contributed by atoms with Crippen molar-refractivity contribution >= 4 is 0 Å². The van der Waals surface area contributed by atoms with Gasteiger partial charge in [-0.25, -0.2) is 0 Å². The fraction of sp³-hybridized carbons (Fsp3) is 0.500. The maximum absolute atomic E-state index is 6.42. The van der Waals surface area contributed by atoms with Gasteiger partial charge in [-0.05, 0) is 30.2 Å². The molecule has 2 heterocycles. The Kier molecular flexibility index (Phi) is 5.79. The first-order valence-electron chi connectivity index (χ1n) is 10.5. The Balaban J connectivity index is 1.89. The van der Waals surface area contributed by atoms with Gasteiger partial charge in [0.15, 0.2) is 23.0 Å². The molecule has 168 valence electrons. The second-order valence-electron chi connectivity index (χ2n) is 7.93. The molecule has 2 aliphatic heterocycles. The third-order valence-electron chi connectivity index (χ3n) is 6.12. The monoisotopic (exact) mass is 430 g/mol. The van der Waals surface area contributed by atoms with Crippen LogP contribution < -0.4 is 28.4 Å². The minimum absolute atomic E-state index is 0.0188. The Morgan fingerprint density at radius 3 is 2.16 bits per heavy atom. The maximum atomic E-state index is 6.42. The molecule has 0 aliphatic carbocycles. The zero-order valence-corrected chi connectivity index (χ0v) is 18.9. The first-order valence-corrected chi connectivity index (χ1v) is 10.5. The molecule has 2 aromatic rings. The quantitative estimate of drug-likeness (QED) is 0.628. The van der Waals surface area contributed by atoms with E-state index in [1.165, 1.54) is 0 Å². The van der Waals surface area contributed by atoms with Crippen LogP contribution in [0, 0.1) is 5.92 Å². The van der Waals surface area contributed by atoms with Crippen LogP contribution in [0.1, 0.15) is 44.2 Å². The Labute approximate surface area is 183 Å². The molecule has 0 amide bonds. The van der Waals surface area contributed by atoms with Crippen LogP contribution in [0.25, 0.3) is 0 Å². The van der Waals surface area contributed by atoms with Crippen molar-refractivity contribution in [2.24, 2.45) is 5.92 Å². The van der Waals surface area contributed by atoms with Gasteiger partial charge in [-0.15, -0.1) is 0 Å². The Morgan fingerprint density at radius 2 is 1.58 bits per heavy atom. The summed E-state index contributed by atoms with van der Waals surface area (Å²) in [4.78, 5) is 0. The first-order chi connectivity index (χ1) is 15.0. The molecule has 3 atom stereocenters. The molecule has 0 saturated carbocycles. The van der Waals surface area contributed by atoms with Crippen molar-refractivity contribution in [1.29, 1.82) is 0 Å². The zero-order chi connectivity index (χ0) is 22.2. The molecule has 0 saturated heterocycles. The van der Waals surface area contributed by atoms with Gasteiger partial charge in [0.05, 0.1) is 27.9 Å². The summed E-state index contributed by atoms with van der Waals surface area (Å²) in [7, 11) is 4.84. The summed E-state index contributed by atoms with van der Waals surface area (Å²) in [6.07, 6.45) is 0.897. The van der Waals surface area contributed by atoms with Gasteiger partial charge in [0.2, 0.25) is 18.3 Å². The Bertz CT molecular complexity index is 932. The number of methoxy groups -OCH3 is 3. The predicted octanol–water partition coefficient (Wildman–Crippen LogP) is 4.74. The molecular formula is C24H30O7. The lowest BCUT2D eigenvalue weighted by atomic mass is 9.75. The van der Waals surface area contributed by atoms with E-state index >= 15 is 0 Å². The fourth-order valence-corrected chi connectivity index (χ4v) is 4.37. The van der Waals surface area contributed by atoms with Crippen LogP contribution in [-0.2, 0) is 4.74 Å². The van der Waals surface area contributed by atoms with Gasteiger partial charge in [-0.1, -0.05) is 13.8 Å². The Morgan fingerprint density at radius 1 is 0.935 bits per heavy atom. The summed E-state index contributed by atoms with van der Waals surface area (Å²) in [5.41, 5.74) is 2.01. The van der Waals surface area contributed by atoms with Gasteiger partial charge in [0.25, 0.3) is 0 Å². The van der Waals surface area contributed by atoms with Crippen molar-refractivity contribution in [3.05, 3.63) is 35.4 Å². The van der Waals surface area contributed by atoms with Crippen molar-refractivity contribution < 1.29 is 33.2 Å². The number of fused-ring (bicyclic) bond motifs is 2. The highest BCUT2D eigenvalue weighted by molar-refractivity contribution is 5.60. The van der Waals surface area contributed by atoms with E-state index in [1.807, 2.05) is 31.2 Å². The molecule has 0 aromatic heterocycles. The number of hydrogen-bond donors (Lipinski definition) is 0. The third kappa shape index (κ3) is 3.61. The van der Waals surface area contributed by atoms with E-state index in [0.717, 1.165) is 23.3 Å². The van der Waals surface area contributed by atoms with Crippen LogP contribution in [-0.4, -0.2) is 40.5 Å². The highest BCUT2D eigenvalue weighted by atomic mass is 16.7. The van der Waals surface area contributed by atoms with E-state index in [0.29, 0.717) is 35.4 Å². The highest BCUT2D eigenvalue weighted by Crippen LogP contribution is 2.54. The summed E-state index contributed by atoms with van der Waals surface area (Å²) in [5, 5.41) is 0. The lowest BCUT2D eigenvalue weighted by Crippen LogP contribution is -2.48. The van der Waals surface area contributed by atoms with Crippen molar-refractivity contribution in [3.8, 4) is 34.5 Å². The van der Waals surface area contributed by atoms with Gasteiger partial charge in [-0.2, -0.15) is 0 Å².